The Balaban J connectivity index is 2.25. The molecule has 0 bridgehead atoms. The number of hydrogen-bond acceptors (Lipinski definition) is 4. The van der Waals surface area contributed by atoms with E-state index in [0.29, 0.717) is 12.6 Å². The Morgan fingerprint density at radius 2 is 2.00 bits per heavy atom. The second-order valence-corrected chi connectivity index (χ2v) is 3.77. The van der Waals surface area contributed by atoms with Gasteiger partial charge in [-0.1, -0.05) is 0 Å². The lowest BCUT2D eigenvalue weighted by Gasteiger charge is -2.36. The number of hydrogen-bond donors (Lipinski definition) is 0. The summed E-state index contributed by atoms with van der Waals surface area (Å²) in [6.07, 6.45) is 0. The molecule has 0 saturated carbocycles. The molecule has 0 aromatic rings. The van der Waals surface area contributed by atoms with Crippen LogP contribution in [0.1, 0.15) is 6.92 Å². The molecule has 0 spiro atoms. The summed E-state index contributed by atoms with van der Waals surface area (Å²) >= 11 is 0. The molecule has 4 heteroatoms. The standard InChI is InChI=1S/C10H19N3O/c1-10(9-14-2)13-7-5-12(4-3-11)6-8-13/h10H,4-9H2,1-2H3. The van der Waals surface area contributed by atoms with Crippen LogP contribution in [0.4, 0.5) is 0 Å². The molecule has 0 aromatic heterocycles. The molecule has 0 N–H and O–H groups in total. The van der Waals surface area contributed by atoms with E-state index in [1.54, 1.807) is 7.11 Å². The van der Waals surface area contributed by atoms with Gasteiger partial charge < -0.3 is 4.74 Å². The van der Waals surface area contributed by atoms with Crippen LogP contribution in [0.5, 0.6) is 0 Å². The van der Waals surface area contributed by atoms with Crippen LogP contribution in [0.15, 0.2) is 0 Å². The second-order valence-electron chi connectivity index (χ2n) is 3.77. The zero-order valence-electron chi connectivity index (χ0n) is 9.07. The fourth-order valence-corrected chi connectivity index (χ4v) is 1.81. The molecular weight excluding hydrogens is 178 g/mol. The molecule has 1 atom stereocenters. The summed E-state index contributed by atoms with van der Waals surface area (Å²) in [5.41, 5.74) is 0. The highest BCUT2D eigenvalue weighted by molar-refractivity contribution is 4.82. The van der Waals surface area contributed by atoms with Crippen molar-refractivity contribution in [1.29, 1.82) is 5.26 Å². The highest BCUT2D eigenvalue weighted by atomic mass is 16.5. The zero-order valence-corrected chi connectivity index (χ0v) is 9.07. The number of nitriles is 1. The molecular formula is C10H19N3O. The van der Waals surface area contributed by atoms with Crippen molar-refractivity contribution in [3.05, 3.63) is 0 Å². The number of rotatable bonds is 4. The third-order valence-electron chi connectivity index (χ3n) is 2.73. The Morgan fingerprint density at radius 3 is 2.50 bits per heavy atom. The Labute approximate surface area is 86.0 Å². The van der Waals surface area contributed by atoms with Crippen molar-refractivity contribution in [3.63, 3.8) is 0 Å². The first-order chi connectivity index (χ1) is 6.77. The summed E-state index contributed by atoms with van der Waals surface area (Å²) < 4.78 is 5.12. The molecule has 1 unspecified atom stereocenters. The monoisotopic (exact) mass is 197 g/mol. The van der Waals surface area contributed by atoms with Gasteiger partial charge in [-0.05, 0) is 6.92 Å². The van der Waals surface area contributed by atoms with Gasteiger partial charge in [0.2, 0.25) is 0 Å². The summed E-state index contributed by atoms with van der Waals surface area (Å²) in [7, 11) is 1.74. The largest absolute Gasteiger partial charge is 0.383 e. The fourth-order valence-electron chi connectivity index (χ4n) is 1.81. The molecule has 1 aliphatic heterocycles. The molecule has 4 nitrogen and oxygen atoms in total. The first-order valence-electron chi connectivity index (χ1n) is 5.10. The van der Waals surface area contributed by atoms with Crippen LogP contribution in [-0.4, -0.2) is 62.3 Å². The van der Waals surface area contributed by atoms with E-state index in [4.69, 9.17) is 10.00 Å². The van der Waals surface area contributed by atoms with Crippen molar-refractivity contribution < 1.29 is 4.74 Å². The maximum Gasteiger partial charge on any atom is 0.0866 e. The van der Waals surface area contributed by atoms with Crippen LogP contribution in [0.25, 0.3) is 0 Å². The normalized spacial score (nSPS) is 21.8. The third kappa shape index (κ3) is 3.26. The molecule has 1 aliphatic rings. The summed E-state index contributed by atoms with van der Waals surface area (Å²) in [5, 5.41) is 8.55. The predicted molar refractivity (Wildman–Crippen MR) is 55.0 cm³/mol. The average molecular weight is 197 g/mol. The van der Waals surface area contributed by atoms with E-state index in [-0.39, 0.29) is 0 Å². The van der Waals surface area contributed by atoms with Crippen molar-refractivity contribution in [2.45, 2.75) is 13.0 Å². The van der Waals surface area contributed by atoms with E-state index < -0.39 is 0 Å². The van der Waals surface area contributed by atoms with Crippen LogP contribution >= 0.6 is 0 Å². The topological polar surface area (TPSA) is 39.5 Å². The van der Waals surface area contributed by atoms with Crippen molar-refractivity contribution in [2.24, 2.45) is 0 Å². The molecule has 1 rings (SSSR count). The van der Waals surface area contributed by atoms with E-state index in [0.717, 1.165) is 32.8 Å². The van der Waals surface area contributed by atoms with E-state index >= 15 is 0 Å². The van der Waals surface area contributed by atoms with Gasteiger partial charge in [-0.15, -0.1) is 0 Å². The smallest absolute Gasteiger partial charge is 0.0866 e. The Hall–Kier alpha value is -0.630. The summed E-state index contributed by atoms with van der Waals surface area (Å²) in [5.74, 6) is 0. The molecule has 0 amide bonds. The van der Waals surface area contributed by atoms with Crippen molar-refractivity contribution in [2.75, 3.05) is 46.4 Å². The van der Waals surface area contributed by atoms with E-state index in [2.05, 4.69) is 22.8 Å². The van der Waals surface area contributed by atoms with Crippen LogP contribution < -0.4 is 0 Å². The molecule has 0 aromatic carbocycles. The van der Waals surface area contributed by atoms with Crippen LogP contribution in [-0.2, 0) is 4.74 Å². The van der Waals surface area contributed by atoms with Crippen LogP contribution in [0, 0.1) is 11.3 Å². The van der Waals surface area contributed by atoms with Crippen molar-refractivity contribution in [3.8, 4) is 6.07 Å². The lowest BCUT2D eigenvalue weighted by molar-refractivity contribution is 0.0613. The fraction of sp³-hybridized carbons (Fsp3) is 0.900. The number of ether oxygens (including phenoxy) is 1. The summed E-state index contributed by atoms with van der Waals surface area (Å²) in [6, 6.07) is 2.68. The minimum Gasteiger partial charge on any atom is -0.383 e. The van der Waals surface area contributed by atoms with E-state index in [1.165, 1.54) is 0 Å². The average Bonchev–Trinajstić information content (AvgIpc) is 2.20. The van der Waals surface area contributed by atoms with Crippen molar-refractivity contribution in [1.82, 2.24) is 9.80 Å². The maximum absolute atomic E-state index is 8.55. The van der Waals surface area contributed by atoms with Gasteiger partial charge in [0.1, 0.15) is 0 Å². The molecule has 80 valence electrons. The van der Waals surface area contributed by atoms with Crippen molar-refractivity contribution >= 4 is 0 Å². The van der Waals surface area contributed by atoms with Gasteiger partial charge >= 0.3 is 0 Å². The summed E-state index contributed by atoms with van der Waals surface area (Å²) in [4.78, 5) is 4.60. The second kappa shape index (κ2) is 5.97. The van der Waals surface area contributed by atoms with Gasteiger partial charge in [-0.2, -0.15) is 5.26 Å². The Kier molecular flexibility index (Phi) is 4.88. The highest BCUT2D eigenvalue weighted by Crippen LogP contribution is 2.05. The quantitative estimate of drug-likeness (QED) is 0.602. The first-order valence-corrected chi connectivity index (χ1v) is 5.10. The van der Waals surface area contributed by atoms with Gasteiger partial charge in [-0.25, -0.2) is 0 Å². The molecule has 0 aliphatic carbocycles. The zero-order chi connectivity index (χ0) is 10.4. The molecule has 14 heavy (non-hydrogen) atoms. The Bertz CT molecular complexity index is 194. The number of methoxy groups -OCH3 is 1. The van der Waals surface area contributed by atoms with E-state index in [9.17, 15) is 0 Å². The van der Waals surface area contributed by atoms with Gasteiger partial charge in [0.05, 0.1) is 19.2 Å². The minimum absolute atomic E-state index is 0.490. The molecule has 1 heterocycles. The third-order valence-corrected chi connectivity index (χ3v) is 2.73. The highest BCUT2D eigenvalue weighted by Gasteiger charge is 2.20. The molecule has 0 radical (unpaired) electrons. The SMILES string of the molecule is COCC(C)N1CCN(CC#N)CC1. The first kappa shape index (κ1) is 11.4. The predicted octanol–water partition coefficient (Wildman–Crippen LogP) is 0.162. The van der Waals surface area contributed by atoms with Crippen LogP contribution in [0.3, 0.4) is 0 Å². The number of nitrogens with zero attached hydrogens (tertiary/aromatic N) is 3. The molecule has 1 fully saturated rings. The van der Waals surface area contributed by atoms with Gasteiger partial charge in [0.15, 0.2) is 0 Å². The maximum atomic E-state index is 8.55. The number of piperazine rings is 1. The van der Waals surface area contributed by atoms with Gasteiger partial charge in [0, 0.05) is 39.3 Å². The minimum atomic E-state index is 0.490. The van der Waals surface area contributed by atoms with Crippen LogP contribution in [0.2, 0.25) is 0 Å². The van der Waals surface area contributed by atoms with E-state index in [1.807, 2.05) is 0 Å². The van der Waals surface area contributed by atoms with Gasteiger partial charge in [-0.3, -0.25) is 9.80 Å². The lowest BCUT2D eigenvalue weighted by atomic mass is 10.2. The summed E-state index contributed by atoms with van der Waals surface area (Å²) in [6.45, 7) is 7.63. The molecule has 1 saturated heterocycles. The van der Waals surface area contributed by atoms with Gasteiger partial charge in [0.25, 0.3) is 0 Å². The Morgan fingerprint density at radius 1 is 1.36 bits per heavy atom. The lowest BCUT2D eigenvalue weighted by Crippen LogP contribution is -2.50.